The molecule has 0 aliphatic heterocycles. The fraction of sp³-hybridized carbons (Fsp3) is 0.250. The Labute approximate surface area is 172 Å². The molecule has 7 nitrogen and oxygen atoms in total. The van der Waals surface area contributed by atoms with E-state index < -0.39 is 43.7 Å². The van der Waals surface area contributed by atoms with Crippen LogP contribution in [0.3, 0.4) is 0 Å². The summed E-state index contributed by atoms with van der Waals surface area (Å²) in [5.41, 5.74) is -12.3. The molecule has 0 bridgehead atoms. The zero-order valence-electron chi connectivity index (χ0n) is 15.0. The molecule has 0 aliphatic rings. The van der Waals surface area contributed by atoms with Crippen molar-refractivity contribution in [3.05, 3.63) is 71.8 Å². The monoisotopic (exact) mass is 493 g/mol. The van der Waals surface area contributed by atoms with Crippen LogP contribution in [-0.4, -0.2) is 27.9 Å². The van der Waals surface area contributed by atoms with E-state index in [1.165, 1.54) is 36.4 Å². The lowest BCUT2D eigenvalue weighted by atomic mass is 10.1. The van der Waals surface area contributed by atoms with E-state index in [0.29, 0.717) is 0 Å². The molecule has 0 aromatic heterocycles. The minimum Gasteiger partial charge on any atom is -0.257 e. The maximum Gasteiger partial charge on any atom is 0.523 e. The smallest absolute Gasteiger partial charge is 0.257 e. The second-order valence-corrected chi connectivity index (χ2v) is 8.87. The van der Waals surface area contributed by atoms with Crippen LogP contribution < -0.4 is 5.32 Å². The molecule has 0 fully saturated rings. The number of alkyl halides is 6. The normalized spacial score (nSPS) is 15.4. The number of benzene rings is 2. The van der Waals surface area contributed by atoms with Crippen LogP contribution in [0, 0.1) is 0 Å². The maximum atomic E-state index is 12.8. The van der Waals surface area contributed by atoms with E-state index in [9.17, 15) is 43.2 Å². The van der Waals surface area contributed by atoms with Gasteiger partial charge in [-0.2, -0.15) is 43.2 Å². The average molecular weight is 493 g/mol. The van der Waals surface area contributed by atoms with Gasteiger partial charge in [0.05, 0.1) is 0 Å². The molecule has 0 spiro atoms. The van der Waals surface area contributed by atoms with Crippen molar-refractivity contribution in [2.24, 2.45) is 0 Å². The predicted molar refractivity (Wildman–Crippen MR) is 93.6 cm³/mol. The van der Waals surface area contributed by atoms with Gasteiger partial charge < -0.3 is 0 Å². The lowest BCUT2D eigenvalue weighted by molar-refractivity contribution is -0.0661. The first-order valence-corrected chi connectivity index (χ1v) is 10.8. The number of nitrogens with one attached hydrogen (secondary N) is 1. The van der Waals surface area contributed by atoms with Gasteiger partial charge in [0.1, 0.15) is 0 Å². The van der Waals surface area contributed by atoms with Crippen molar-refractivity contribution in [1.82, 2.24) is 5.32 Å². The Bertz CT molecular complexity index is 986. The molecular formula is C16H13F6NO6S2. The van der Waals surface area contributed by atoms with E-state index in [1.54, 1.807) is 0 Å². The first kappa shape index (κ1) is 25.1. The maximum absolute atomic E-state index is 12.8. The zero-order valence-corrected chi connectivity index (χ0v) is 16.6. The second-order valence-electron chi connectivity index (χ2n) is 5.74. The lowest BCUT2D eigenvalue weighted by Crippen LogP contribution is -2.38. The largest absolute Gasteiger partial charge is 0.523 e. The summed E-state index contributed by atoms with van der Waals surface area (Å²) in [5, 5.41) is 1.94. The average Bonchev–Trinajstić information content (AvgIpc) is 2.66. The van der Waals surface area contributed by atoms with Crippen LogP contribution in [0.1, 0.15) is 23.6 Å². The van der Waals surface area contributed by atoms with Crippen molar-refractivity contribution in [1.29, 1.82) is 0 Å². The Hall–Kier alpha value is -2.20. The molecule has 2 aromatic carbocycles. The van der Waals surface area contributed by atoms with Crippen LogP contribution in [0.25, 0.3) is 0 Å². The van der Waals surface area contributed by atoms with Crippen LogP contribution in [0.15, 0.2) is 60.7 Å². The van der Waals surface area contributed by atoms with Crippen molar-refractivity contribution in [3.8, 4) is 0 Å². The molecule has 172 valence electrons. The first-order chi connectivity index (χ1) is 14.1. The van der Waals surface area contributed by atoms with Crippen LogP contribution in [0.2, 0.25) is 0 Å². The molecule has 31 heavy (non-hydrogen) atoms. The topological polar surface area (TPSA) is 98.8 Å². The third-order valence-electron chi connectivity index (χ3n) is 3.52. The van der Waals surface area contributed by atoms with Gasteiger partial charge in [-0.1, -0.05) is 60.7 Å². The molecule has 0 heterocycles. The number of halogens is 6. The molecule has 15 heteroatoms. The van der Waals surface area contributed by atoms with Crippen LogP contribution in [0.4, 0.5) is 26.3 Å². The van der Waals surface area contributed by atoms with Crippen LogP contribution in [0.5, 0.6) is 0 Å². The Kier molecular flexibility index (Phi) is 7.37. The summed E-state index contributed by atoms with van der Waals surface area (Å²) in [4.78, 5) is 0. The van der Waals surface area contributed by atoms with Gasteiger partial charge in [-0.15, -0.1) is 0 Å². The van der Waals surface area contributed by atoms with Gasteiger partial charge in [0.15, 0.2) is 12.5 Å². The fourth-order valence-corrected chi connectivity index (χ4v) is 3.17. The molecule has 2 unspecified atom stereocenters. The van der Waals surface area contributed by atoms with Gasteiger partial charge in [-0.05, 0) is 11.1 Å². The quantitative estimate of drug-likeness (QED) is 0.259. The summed E-state index contributed by atoms with van der Waals surface area (Å²) in [6.07, 6.45) is -4.53. The lowest BCUT2D eigenvalue weighted by Gasteiger charge is -2.26. The summed E-state index contributed by atoms with van der Waals surface area (Å²) in [6.45, 7) is 0. The van der Waals surface area contributed by atoms with Crippen molar-refractivity contribution >= 4 is 20.2 Å². The highest BCUT2D eigenvalue weighted by molar-refractivity contribution is 7.87. The molecule has 0 amide bonds. The number of hydrogen-bond donors (Lipinski definition) is 1. The van der Waals surface area contributed by atoms with Crippen molar-refractivity contribution in [2.45, 2.75) is 23.5 Å². The van der Waals surface area contributed by atoms with E-state index in [2.05, 4.69) is 8.37 Å². The van der Waals surface area contributed by atoms with E-state index in [0.717, 1.165) is 24.3 Å². The Morgan fingerprint density at radius 1 is 0.613 bits per heavy atom. The molecule has 0 saturated carbocycles. The Morgan fingerprint density at radius 3 is 1.16 bits per heavy atom. The zero-order chi connectivity index (χ0) is 23.5. The van der Waals surface area contributed by atoms with Gasteiger partial charge in [-0.3, -0.25) is 5.32 Å². The third-order valence-corrected chi connectivity index (χ3v) is 5.55. The van der Waals surface area contributed by atoms with E-state index >= 15 is 0 Å². The molecule has 1 N–H and O–H groups in total. The minimum absolute atomic E-state index is 0.274. The van der Waals surface area contributed by atoms with Gasteiger partial charge in [0, 0.05) is 0 Å². The number of hydrogen-bond acceptors (Lipinski definition) is 7. The third kappa shape index (κ3) is 6.39. The Balaban J connectivity index is 2.50. The standard InChI is InChI=1S/C16H13F6NO6S2/c17-15(18,19)30(24,25)28-13(11-7-3-1-4-8-11)23-14(12-9-5-2-6-10-12)29-31(26,27)16(20,21)22/h1-10,13-14,23H. The minimum atomic E-state index is -6.23. The van der Waals surface area contributed by atoms with E-state index in [-0.39, 0.29) is 11.1 Å². The molecule has 0 saturated heterocycles. The molecule has 2 atom stereocenters. The second kappa shape index (κ2) is 9.12. The Morgan fingerprint density at radius 2 is 0.903 bits per heavy atom. The molecular weight excluding hydrogens is 480 g/mol. The molecule has 0 radical (unpaired) electrons. The summed E-state index contributed by atoms with van der Waals surface area (Å²) in [6, 6.07) is 12.3. The highest BCUT2D eigenvalue weighted by atomic mass is 32.2. The fourth-order valence-electron chi connectivity index (χ4n) is 2.11. The van der Waals surface area contributed by atoms with Crippen molar-refractivity contribution in [2.75, 3.05) is 0 Å². The molecule has 0 aliphatic carbocycles. The van der Waals surface area contributed by atoms with Gasteiger partial charge in [0.2, 0.25) is 0 Å². The molecule has 2 aromatic rings. The first-order valence-electron chi connectivity index (χ1n) is 7.99. The van der Waals surface area contributed by atoms with Gasteiger partial charge in [0.25, 0.3) is 0 Å². The van der Waals surface area contributed by atoms with Gasteiger partial charge in [-0.25, -0.2) is 8.37 Å². The van der Waals surface area contributed by atoms with E-state index in [1.807, 2.05) is 5.32 Å². The van der Waals surface area contributed by atoms with E-state index in [4.69, 9.17) is 0 Å². The highest BCUT2D eigenvalue weighted by Crippen LogP contribution is 2.33. The summed E-state index contributed by atoms with van der Waals surface area (Å²) in [7, 11) is -12.5. The SMILES string of the molecule is O=S(=O)(OC(NC(OS(=O)(=O)C(F)(F)F)c1ccccc1)c1ccccc1)C(F)(F)F. The summed E-state index contributed by atoms with van der Waals surface area (Å²) >= 11 is 0. The van der Waals surface area contributed by atoms with Crippen molar-refractivity contribution < 1.29 is 51.5 Å². The predicted octanol–water partition coefficient (Wildman–Crippen LogP) is 3.71. The number of rotatable bonds is 8. The van der Waals surface area contributed by atoms with Crippen LogP contribution in [-0.2, 0) is 28.6 Å². The molecule has 2 rings (SSSR count). The van der Waals surface area contributed by atoms with Crippen LogP contribution >= 0.6 is 0 Å². The van der Waals surface area contributed by atoms with Gasteiger partial charge >= 0.3 is 31.3 Å². The summed E-state index contributed by atoms with van der Waals surface area (Å²) < 4.78 is 131. The van der Waals surface area contributed by atoms with Crippen molar-refractivity contribution in [3.63, 3.8) is 0 Å². The highest BCUT2D eigenvalue weighted by Gasteiger charge is 2.51. The summed E-state index contributed by atoms with van der Waals surface area (Å²) in [5.74, 6) is 0.